The van der Waals surface area contributed by atoms with Crippen molar-refractivity contribution in [2.75, 3.05) is 0 Å². The second kappa shape index (κ2) is 2.85. The van der Waals surface area contributed by atoms with Crippen LogP contribution in [-0.2, 0) is 0 Å². The van der Waals surface area contributed by atoms with Crippen LogP contribution in [0.1, 0.15) is 40.0 Å². The SMILES string of the molecule is CC(C)C1CCCC1(C)C#N. The van der Waals surface area contributed by atoms with Crippen molar-refractivity contribution in [3.05, 3.63) is 0 Å². The summed E-state index contributed by atoms with van der Waals surface area (Å²) in [4.78, 5) is 0. The Morgan fingerprint density at radius 1 is 1.55 bits per heavy atom. The van der Waals surface area contributed by atoms with Crippen LogP contribution >= 0.6 is 0 Å². The molecule has 0 spiro atoms. The van der Waals surface area contributed by atoms with Crippen molar-refractivity contribution in [1.82, 2.24) is 0 Å². The summed E-state index contributed by atoms with van der Waals surface area (Å²) >= 11 is 0. The first-order valence-corrected chi connectivity index (χ1v) is 4.51. The van der Waals surface area contributed by atoms with E-state index in [0.29, 0.717) is 11.8 Å². The van der Waals surface area contributed by atoms with Gasteiger partial charge in [0.15, 0.2) is 0 Å². The lowest BCUT2D eigenvalue weighted by Crippen LogP contribution is -2.23. The largest absolute Gasteiger partial charge is 0.198 e. The Labute approximate surface area is 69.4 Å². The highest BCUT2D eigenvalue weighted by Crippen LogP contribution is 2.46. The molecular weight excluding hydrogens is 134 g/mol. The number of hydrogen-bond acceptors (Lipinski definition) is 1. The monoisotopic (exact) mass is 151 g/mol. The zero-order valence-corrected chi connectivity index (χ0v) is 7.72. The minimum atomic E-state index is -0.0197. The van der Waals surface area contributed by atoms with Crippen LogP contribution in [0.25, 0.3) is 0 Å². The molecule has 11 heavy (non-hydrogen) atoms. The van der Waals surface area contributed by atoms with Gasteiger partial charge in [0, 0.05) is 0 Å². The predicted octanol–water partition coefficient (Wildman–Crippen LogP) is 2.97. The van der Waals surface area contributed by atoms with Crippen LogP contribution in [0.15, 0.2) is 0 Å². The minimum absolute atomic E-state index is 0.0197. The molecule has 62 valence electrons. The topological polar surface area (TPSA) is 23.8 Å². The van der Waals surface area contributed by atoms with Crippen LogP contribution < -0.4 is 0 Å². The van der Waals surface area contributed by atoms with Crippen LogP contribution in [0.5, 0.6) is 0 Å². The van der Waals surface area contributed by atoms with Gasteiger partial charge in [0.1, 0.15) is 0 Å². The van der Waals surface area contributed by atoms with E-state index in [1.807, 2.05) is 0 Å². The average Bonchev–Trinajstić information content (AvgIpc) is 2.32. The van der Waals surface area contributed by atoms with Crippen molar-refractivity contribution < 1.29 is 0 Å². The van der Waals surface area contributed by atoms with Crippen molar-refractivity contribution in [3.63, 3.8) is 0 Å². The molecule has 0 radical (unpaired) electrons. The molecule has 1 rings (SSSR count). The third kappa shape index (κ3) is 1.40. The van der Waals surface area contributed by atoms with E-state index in [1.54, 1.807) is 0 Å². The summed E-state index contributed by atoms with van der Waals surface area (Å²) in [5, 5.41) is 8.99. The Bertz CT molecular complexity index is 178. The molecule has 0 saturated heterocycles. The molecule has 1 nitrogen and oxygen atoms in total. The molecular formula is C10H17N. The fourth-order valence-electron chi connectivity index (χ4n) is 2.40. The lowest BCUT2D eigenvalue weighted by Gasteiger charge is -2.27. The van der Waals surface area contributed by atoms with Gasteiger partial charge in [-0.2, -0.15) is 5.26 Å². The van der Waals surface area contributed by atoms with Gasteiger partial charge in [-0.1, -0.05) is 20.3 Å². The van der Waals surface area contributed by atoms with E-state index < -0.39 is 0 Å². The standard InChI is InChI=1S/C10H17N/c1-8(2)9-5-4-6-10(9,3)7-11/h8-9H,4-6H2,1-3H3. The van der Waals surface area contributed by atoms with Gasteiger partial charge in [-0.15, -0.1) is 0 Å². The van der Waals surface area contributed by atoms with Gasteiger partial charge >= 0.3 is 0 Å². The number of nitriles is 1. The Kier molecular flexibility index (Phi) is 2.23. The maximum absolute atomic E-state index is 8.99. The fourth-order valence-corrected chi connectivity index (χ4v) is 2.40. The molecule has 2 unspecified atom stereocenters. The summed E-state index contributed by atoms with van der Waals surface area (Å²) < 4.78 is 0. The number of rotatable bonds is 1. The molecule has 1 aliphatic rings. The Balaban J connectivity index is 2.74. The van der Waals surface area contributed by atoms with Crippen LogP contribution in [0.4, 0.5) is 0 Å². The molecule has 0 aliphatic heterocycles. The summed E-state index contributed by atoms with van der Waals surface area (Å²) in [6.45, 7) is 6.57. The Hall–Kier alpha value is -0.510. The first-order chi connectivity index (χ1) is 5.10. The van der Waals surface area contributed by atoms with E-state index in [4.69, 9.17) is 5.26 Å². The summed E-state index contributed by atoms with van der Waals surface area (Å²) in [6, 6.07) is 2.47. The van der Waals surface area contributed by atoms with Crippen molar-refractivity contribution in [1.29, 1.82) is 5.26 Å². The molecule has 0 amide bonds. The minimum Gasteiger partial charge on any atom is -0.198 e. The van der Waals surface area contributed by atoms with Crippen LogP contribution in [0.2, 0.25) is 0 Å². The fraction of sp³-hybridized carbons (Fsp3) is 0.900. The van der Waals surface area contributed by atoms with Crippen LogP contribution in [0, 0.1) is 28.6 Å². The molecule has 2 atom stereocenters. The third-order valence-corrected chi connectivity index (χ3v) is 3.09. The van der Waals surface area contributed by atoms with Gasteiger partial charge in [-0.05, 0) is 31.6 Å². The summed E-state index contributed by atoms with van der Waals surface area (Å²) in [5.74, 6) is 1.30. The van der Waals surface area contributed by atoms with Crippen molar-refractivity contribution >= 4 is 0 Å². The second-order valence-corrected chi connectivity index (χ2v) is 4.27. The normalized spacial score (nSPS) is 37.5. The average molecular weight is 151 g/mol. The summed E-state index contributed by atoms with van der Waals surface area (Å²) in [5.41, 5.74) is -0.0197. The number of nitrogens with zero attached hydrogens (tertiary/aromatic N) is 1. The van der Waals surface area contributed by atoms with Crippen LogP contribution in [0.3, 0.4) is 0 Å². The lowest BCUT2D eigenvalue weighted by atomic mass is 9.75. The molecule has 0 N–H and O–H groups in total. The molecule has 1 heteroatoms. The third-order valence-electron chi connectivity index (χ3n) is 3.09. The van der Waals surface area contributed by atoms with Gasteiger partial charge in [0.2, 0.25) is 0 Å². The Morgan fingerprint density at radius 2 is 2.18 bits per heavy atom. The molecule has 0 bridgehead atoms. The maximum Gasteiger partial charge on any atom is 0.0689 e. The molecule has 1 aliphatic carbocycles. The summed E-state index contributed by atoms with van der Waals surface area (Å²) in [7, 11) is 0. The molecule has 0 aromatic heterocycles. The van der Waals surface area contributed by atoms with E-state index >= 15 is 0 Å². The zero-order chi connectivity index (χ0) is 8.48. The molecule has 0 heterocycles. The molecule has 0 aromatic carbocycles. The lowest BCUT2D eigenvalue weighted by molar-refractivity contribution is 0.243. The molecule has 1 fully saturated rings. The predicted molar refractivity (Wildman–Crippen MR) is 45.9 cm³/mol. The zero-order valence-electron chi connectivity index (χ0n) is 7.72. The van der Waals surface area contributed by atoms with E-state index in [9.17, 15) is 0 Å². The highest BCUT2D eigenvalue weighted by Gasteiger charge is 2.40. The van der Waals surface area contributed by atoms with Gasteiger partial charge in [-0.3, -0.25) is 0 Å². The van der Waals surface area contributed by atoms with Crippen molar-refractivity contribution in [2.45, 2.75) is 40.0 Å². The van der Waals surface area contributed by atoms with Gasteiger partial charge in [0.05, 0.1) is 11.5 Å². The smallest absolute Gasteiger partial charge is 0.0689 e. The quantitative estimate of drug-likeness (QED) is 0.565. The van der Waals surface area contributed by atoms with Crippen molar-refractivity contribution in [2.24, 2.45) is 17.3 Å². The van der Waals surface area contributed by atoms with E-state index in [0.717, 1.165) is 6.42 Å². The van der Waals surface area contributed by atoms with Crippen LogP contribution in [-0.4, -0.2) is 0 Å². The van der Waals surface area contributed by atoms with Gasteiger partial charge < -0.3 is 0 Å². The van der Waals surface area contributed by atoms with Gasteiger partial charge in [0.25, 0.3) is 0 Å². The van der Waals surface area contributed by atoms with E-state index in [-0.39, 0.29) is 5.41 Å². The maximum atomic E-state index is 8.99. The number of hydrogen-bond donors (Lipinski definition) is 0. The van der Waals surface area contributed by atoms with E-state index in [1.165, 1.54) is 12.8 Å². The second-order valence-electron chi connectivity index (χ2n) is 4.27. The Morgan fingerprint density at radius 3 is 2.55 bits per heavy atom. The summed E-state index contributed by atoms with van der Waals surface area (Å²) in [6.07, 6.45) is 3.60. The molecule has 1 saturated carbocycles. The van der Waals surface area contributed by atoms with Crippen molar-refractivity contribution in [3.8, 4) is 6.07 Å². The van der Waals surface area contributed by atoms with Gasteiger partial charge in [-0.25, -0.2) is 0 Å². The molecule has 0 aromatic rings. The highest BCUT2D eigenvalue weighted by atomic mass is 14.5. The first-order valence-electron chi connectivity index (χ1n) is 4.51. The first kappa shape index (κ1) is 8.59. The highest BCUT2D eigenvalue weighted by molar-refractivity contribution is 5.04. The van der Waals surface area contributed by atoms with E-state index in [2.05, 4.69) is 26.8 Å².